The molecule has 0 aliphatic carbocycles. The Bertz CT molecular complexity index is 780. The van der Waals surface area contributed by atoms with Crippen molar-refractivity contribution in [2.75, 3.05) is 27.2 Å². The molecule has 0 radical (unpaired) electrons. The molecule has 0 saturated carbocycles. The second-order valence-electron chi connectivity index (χ2n) is 5.46. The maximum absolute atomic E-state index is 12.1. The first kappa shape index (κ1) is 19.5. The van der Waals surface area contributed by atoms with E-state index in [0.717, 1.165) is 23.6 Å². The highest BCUT2D eigenvalue weighted by atomic mass is 32.2. The van der Waals surface area contributed by atoms with Gasteiger partial charge in [0.15, 0.2) is 5.96 Å². The minimum Gasteiger partial charge on any atom is -0.469 e. The maximum Gasteiger partial charge on any atom is 0.252 e. The molecule has 0 fully saturated rings. The monoisotopic (exact) mass is 384 g/mol. The number of nitrogens with zero attached hydrogens (tertiary/aromatic N) is 2. The largest absolute Gasteiger partial charge is 0.469 e. The van der Waals surface area contributed by atoms with Gasteiger partial charge in [0.2, 0.25) is 0 Å². The molecule has 25 heavy (non-hydrogen) atoms. The van der Waals surface area contributed by atoms with Gasteiger partial charge in [-0.15, -0.1) is 11.3 Å². The average molecular weight is 385 g/mol. The lowest BCUT2D eigenvalue weighted by atomic mass is 10.3. The molecule has 9 heteroatoms. The molecule has 0 aromatic carbocycles. The van der Waals surface area contributed by atoms with Gasteiger partial charge in [0.1, 0.15) is 9.97 Å². The topological polar surface area (TPSA) is 86.9 Å². The zero-order valence-electron chi connectivity index (χ0n) is 14.7. The third-order valence-electron chi connectivity index (χ3n) is 3.35. The summed E-state index contributed by atoms with van der Waals surface area (Å²) in [5.74, 6) is 1.61. The lowest BCUT2D eigenvalue weighted by Gasteiger charge is -2.10. The van der Waals surface area contributed by atoms with Crippen LogP contribution in [-0.4, -0.2) is 45.9 Å². The van der Waals surface area contributed by atoms with Gasteiger partial charge in [0, 0.05) is 38.5 Å². The van der Waals surface area contributed by atoms with Crippen molar-refractivity contribution in [3.05, 3.63) is 41.2 Å². The zero-order valence-corrected chi connectivity index (χ0v) is 16.3. The number of rotatable bonds is 8. The number of guanidine groups is 1. The summed E-state index contributed by atoms with van der Waals surface area (Å²) >= 11 is 1.24. The molecule has 2 heterocycles. The van der Waals surface area contributed by atoms with Crippen molar-refractivity contribution in [3.8, 4) is 0 Å². The van der Waals surface area contributed by atoms with E-state index in [2.05, 4.69) is 15.6 Å². The molecule has 2 aromatic heterocycles. The minimum absolute atomic E-state index is 0.332. The summed E-state index contributed by atoms with van der Waals surface area (Å²) in [6.45, 7) is 3.86. The molecule has 0 saturated heterocycles. The van der Waals surface area contributed by atoms with E-state index in [1.807, 2.05) is 19.1 Å². The van der Waals surface area contributed by atoms with Crippen molar-refractivity contribution in [2.45, 2.75) is 24.1 Å². The molecule has 2 N–H and O–H groups in total. The third-order valence-corrected chi connectivity index (χ3v) is 6.71. The van der Waals surface area contributed by atoms with Crippen LogP contribution in [0.1, 0.15) is 17.6 Å². The summed E-state index contributed by atoms with van der Waals surface area (Å²) in [6, 6.07) is 7.23. The number of furan rings is 1. The van der Waals surface area contributed by atoms with Crippen molar-refractivity contribution in [1.29, 1.82) is 0 Å². The molecule has 2 rings (SSSR count). The van der Waals surface area contributed by atoms with Gasteiger partial charge in [-0.3, -0.25) is 0 Å². The molecule has 2 aromatic rings. The molecule has 0 unspecified atom stereocenters. The van der Waals surface area contributed by atoms with Crippen molar-refractivity contribution < 1.29 is 12.8 Å². The Labute approximate surface area is 152 Å². The first-order chi connectivity index (χ1) is 11.9. The van der Waals surface area contributed by atoms with Crippen LogP contribution in [0.25, 0.3) is 0 Å². The first-order valence-electron chi connectivity index (χ1n) is 7.99. The van der Waals surface area contributed by atoms with Crippen LogP contribution in [0, 0.1) is 0 Å². The Hall–Kier alpha value is -1.84. The fourth-order valence-electron chi connectivity index (χ4n) is 2.02. The van der Waals surface area contributed by atoms with Crippen LogP contribution in [0.5, 0.6) is 0 Å². The SMILES string of the molecule is CCNC(=NCc1ccc(S(=O)(=O)N(C)C)s1)NCCc1ccco1. The smallest absolute Gasteiger partial charge is 0.252 e. The minimum atomic E-state index is -3.38. The Morgan fingerprint density at radius 3 is 2.72 bits per heavy atom. The van der Waals surface area contributed by atoms with Gasteiger partial charge in [0.05, 0.1) is 12.8 Å². The van der Waals surface area contributed by atoms with Gasteiger partial charge in [-0.25, -0.2) is 17.7 Å². The Kier molecular flexibility index (Phi) is 7.03. The van der Waals surface area contributed by atoms with Gasteiger partial charge in [-0.2, -0.15) is 0 Å². The number of hydrogen-bond donors (Lipinski definition) is 2. The number of thiophene rings is 1. The lowest BCUT2D eigenvalue weighted by molar-refractivity contribution is 0.507. The van der Waals surface area contributed by atoms with Gasteiger partial charge < -0.3 is 15.1 Å². The molecule has 0 spiro atoms. The van der Waals surface area contributed by atoms with Crippen molar-refractivity contribution >= 4 is 27.3 Å². The van der Waals surface area contributed by atoms with Crippen molar-refractivity contribution in [1.82, 2.24) is 14.9 Å². The van der Waals surface area contributed by atoms with Crippen LogP contribution in [0.15, 0.2) is 44.1 Å². The summed E-state index contributed by atoms with van der Waals surface area (Å²) in [6.07, 6.45) is 2.42. The summed E-state index contributed by atoms with van der Waals surface area (Å²) < 4.78 is 31.1. The van der Waals surface area contributed by atoms with E-state index < -0.39 is 10.0 Å². The Balaban J connectivity index is 1.95. The van der Waals surface area contributed by atoms with E-state index in [1.54, 1.807) is 18.4 Å². The van der Waals surface area contributed by atoms with E-state index in [-0.39, 0.29) is 0 Å². The van der Waals surface area contributed by atoms with E-state index in [9.17, 15) is 8.42 Å². The summed E-state index contributed by atoms with van der Waals surface area (Å²) in [7, 11) is -0.329. The van der Waals surface area contributed by atoms with Crippen LogP contribution in [-0.2, 0) is 23.0 Å². The Morgan fingerprint density at radius 2 is 2.08 bits per heavy atom. The molecule has 138 valence electrons. The number of sulfonamides is 1. The first-order valence-corrected chi connectivity index (χ1v) is 10.2. The highest BCUT2D eigenvalue weighted by Crippen LogP contribution is 2.24. The van der Waals surface area contributed by atoms with E-state index in [0.29, 0.717) is 23.3 Å². The summed E-state index contributed by atoms with van der Waals surface area (Å²) in [5, 5.41) is 6.42. The van der Waals surface area contributed by atoms with Crippen LogP contribution >= 0.6 is 11.3 Å². The fourth-order valence-corrected chi connectivity index (χ4v) is 4.47. The fraction of sp³-hybridized carbons (Fsp3) is 0.438. The molecule has 0 amide bonds. The predicted octanol–water partition coefficient (Wildman–Crippen LogP) is 1.89. The van der Waals surface area contributed by atoms with Crippen molar-refractivity contribution in [2.24, 2.45) is 4.99 Å². The van der Waals surface area contributed by atoms with Crippen molar-refractivity contribution in [3.63, 3.8) is 0 Å². The molecule has 0 atom stereocenters. The van der Waals surface area contributed by atoms with Gasteiger partial charge in [-0.1, -0.05) is 0 Å². The second kappa shape index (κ2) is 9.02. The highest BCUT2D eigenvalue weighted by Gasteiger charge is 2.19. The summed E-state index contributed by atoms with van der Waals surface area (Å²) in [4.78, 5) is 5.40. The standard InChI is InChI=1S/C16H24N4O3S2/c1-4-17-16(18-10-9-13-6-5-11-23-13)19-12-14-7-8-15(24-14)25(21,22)20(2)3/h5-8,11H,4,9-10,12H2,1-3H3,(H2,17,18,19). The van der Waals surface area contributed by atoms with E-state index >= 15 is 0 Å². The summed E-state index contributed by atoms with van der Waals surface area (Å²) in [5.41, 5.74) is 0. The average Bonchev–Trinajstić information content (AvgIpc) is 3.24. The maximum atomic E-state index is 12.1. The van der Waals surface area contributed by atoms with Crippen LogP contribution in [0.4, 0.5) is 0 Å². The quantitative estimate of drug-likeness (QED) is 0.536. The zero-order chi connectivity index (χ0) is 18.3. The van der Waals surface area contributed by atoms with Gasteiger partial charge in [-0.05, 0) is 31.2 Å². The highest BCUT2D eigenvalue weighted by molar-refractivity contribution is 7.91. The van der Waals surface area contributed by atoms with Crippen LogP contribution in [0.2, 0.25) is 0 Å². The second-order valence-corrected chi connectivity index (χ2v) is 9.01. The predicted molar refractivity (Wildman–Crippen MR) is 100 cm³/mol. The van der Waals surface area contributed by atoms with E-state index in [1.165, 1.54) is 29.7 Å². The van der Waals surface area contributed by atoms with Gasteiger partial charge >= 0.3 is 0 Å². The Morgan fingerprint density at radius 1 is 1.28 bits per heavy atom. The molecule has 0 aliphatic rings. The van der Waals surface area contributed by atoms with Gasteiger partial charge in [0.25, 0.3) is 10.0 Å². The van der Waals surface area contributed by atoms with Crippen LogP contribution in [0.3, 0.4) is 0 Å². The van der Waals surface area contributed by atoms with Crippen LogP contribution < -0.4 is 10.6 Å². The van der Waals surface area contributed by atoms with E-state index in [4.69, 9.17) is 4.42 Å². The molecular formula is C16H24N4O3S2. The third kappa shape index (κ3) is 5.58. The molecular weight excluding hydrogens is 360 g/mol. The number of aliphatic imine (C=N–C) groups is 1. The molecule has 7 nitrogen and oxygen atoms in total. The molecule has 0 aliphatic heterocycles. The molecule has 0 bridgehead atoms. The number of hydrogen-bond acceptors (Lipinski definition) is 5. The lowest BCUT2D eigenvalue weighted by Crippen LogP contribution is -2.38. The normalized spacial score (nSPS) is 12.6. The number of nitrogens with one attached hydrogen (secondary N) is 2.